The highest BCUT2D eigenvalue weighted by molar-refractivity contribution is 14.1. The van der Waals surface area contributed by atoms with Crippen molar-refractivity contribution in [2.24, 2.45) is 0 Å². The molecule has 0 spiro atoms. The highest BCUT2D eigenvalue weighted by Crippen LogP contribution is 2.08. The molecule has 0 heterocycles. The van der Waals surface area contributed by atoms with Gasteiger partial charge in [0.15, 0.2) is 0 Å². The fourth-order valence-electron chi connectivity index (χ4n) is 0. The summed E-state index contributed by atoms with van der Waals surface area (Å²) in [7, 11) is -2.87. The van der Waals surface area contributed by atoms with Crippen LogP contribution in [-0.4, -0.2) is 15.4 Å². The number of rotatable bonds is 0. The summed E-state index contributed by atoms with van der Waals surface area (Å²) < 4.78 is 8.70. The van der Waals surface area contributed by atoms with Crippen molar-refractivity contribution in [3.63, 3.8) is 0 Å². The SMILES string of the molecule is C[Si](C)(C)I.O=[P+](O)O. The molecule has 56 valence electrons. The molecule has 0 radical (unpaired) electrons. The van der Waals surface area contributed by atoms with Gasteiger partial charge in [-0.05, 0) is 0 Å². The van der Waals surface area contributed by atoms with Gasteiger partial charge in [-0.3, -0.25) is 0 Å². The summed E-state index contributed by atoms with van der Waals surface area (Å²) in [4.78, 5) is 14.2. The van der Waals surface area contributed by atoms with Gasteiger partial charge < -0.3 is 0 Å². The molecule has 0 aromatic carbocycles. The van der Waals surface area contributed by atoms with Crippen molar-refractivity contribution < 1.29 is 14.4 Å². The van der Waals surface area contributed by atoms with Crippen LogP contribution in [0.5, 0.6) is 0 Å². The summed E-state index contributed by atoms with van der Waals surface area (Å²) in [6.45, 7) is 6.94. The standard InChI is InChI=1S/C3H9ISi.HO3P/c1-5(2,3)4;1-4(2)3/h1-3H3;(H-,1,2,3)/p+1. The van der Waals surface area contributed by atoms with Crippen molar-refractivity contribution in [1.29, 1.82) is 0 Å². The Balaban J connectivity index is 0. The topological polar surface area (TPSA) is 57.5 Å². The number of hydrogen-bond donors (Lipinski definition) is 2. The molecule has 0 aliphatic carbocycles. The fraction of sp³-hybridized carbons (Fsp3) is 1.00. The third-order valence-corrected chi connectivity index (χ3v) is 0. The third kappa shape index (κ3) is 466. The summed E-state index contributed by atoms with van der Waals surface area (Å²) in [6.07, 6.45) is 0. The van der Waals surface area contributed by atoms with Crippen molar-refractivity contribution in [2.75, 3.05) is 0 Å². The van der Waals surface area contributed by atoms with Crippen LogP contribution in [0.1, 0.15) is 0 Å². The van der Waals surface area contributed by atoms with Crippen molar-refractivity contribution >= 4 is 35.6 Å². The average molecular weight is 281 g/mol. The van der Waals surface area contributed by atoms with Gasteiger partial charge in [0.2, 0.25) is 0 Å². The third-order valence-electron chi connectivity index (χ3n) is 0. The van der Waals surface area contributed by atoms with Gasteiger partial charge in [-0.25, -0.2) is 0 Å². The molecule has 0 atom stereocenters. The van der Waals surface area contributed by atoms with Crippen LogP contribution >= 0.6 is 30.1 Å². The van der Waals surface area contributed by atoms with E-state index in [9.17, 15) is 0 Å². The quantitative estimate of drug-likeness (QED) is 0.308. The molecule has 9 heavy (non-hydrogen) atoms. The lowest BCUT2D eigenvalue weighted by Gasteiger charge is -1.98. The van der Waals surface area contributed by atoms with Crippen molar-refractivity contribution in [3.05, 3.63) is 0 Å². The van der Waals surface area contributed by atoms with E-state index >= 15 is 0 Å². The van der Waals surface area contributed by atoms with E-state index in [4.69, 9.17) is 14.4 Å². The zero-order chi connectivity index (χ0) is 8.08. The van der Waals surface area contributed by atoms with E-state index in [1.165, 1.54) is 0 Å². The van der Waals surface area contributed by atoms with E-state index in [1.807, 2.05) is 0 Å². The Labute approximate surface area is 69.7 Å². The minimum Gasteiger partial charge on any atom is -0.134 e. The van der Waals surface area contributed by atoms with Crippen molar-refractivity contribution in [1.82, 2.24) is 0 Å². The number of hydrogen-bond acceptors (Lipinski definition) is 1. The molecule has 0 saturated heterocycles. The minimum absolute atomic E-state index is 0.641. The van der Waals surface area contributed by atoms with E-state index in [2.05, 4.69) is 41.4 Å². The average Bonchev–Trinajstić information content (AvgIpc) is 1.19. The molecule has 0 saturated carbocycles. The summed E-state index contributed by atoms with van der Waals surface area (Å²) in [5, 5.41) is 0. The van der Waals surface area contributed by atoms with Crippen molar-refractivity contribution in [3.8, 4) is 0 Å². The number of halogens is 1. The van der Waals surface area contributed by atoms with Gasteiger partial charge in [-0.2, -0.15) is 0 Å². The lowest BCUT2D eigenvalue weighted by atomic mass is 11.8. The second kappa shape index (κ2) is 5.73. The maximum Gasteiger partial charge on any atom is 0.692 e. The smallest absolute Gasteiger partial charge is 0.134 e. The molecule has 0 aromatic rings. The first kappa shape index (κ1) is 12.6. The zero-order valence-electron chi connectivity index (χ0n) is 5.63. The van der Waals surface area contributed by atoms with Gasteiger partial charge in [0.25, 0.3) is 0 Å². The van der Waals surface area contributed by atoms with Crippen LogP contribution in [0.3, 0.4) is 0 Å². The Hall–Kier alpha value is 0.967. The summed E-state index contributed by atoms with van der Waals surface area (Å²) >= 11 is 2.52. The van der Waals surface area contributed by atoms with E-state index in [0.29, 0.717) is 0 Å². The lowest BCUT2D eigenvalue weighted by Crippen LogP contribution is -2.05. The van der Waals surface area contributed by atoms with Crippen LogP contribution in [0, 0.1) is 0 Å². The van der Waals surface area contributed by atoms with Gasteiger partial charge in [0.05, 0.1) is 0 Å². The molecule has 0 bridgehead atoms. The molecule has 0 aliphatic heterocycles. The molecule has 6 heteroatoms. The Morgan fingerprint density at radius 2 is 1.33 bits per heavy atom. The van der Waals surface area contributed by atoms with Crippen LogP contribution in [0.2, 0.25) is 19.6 Å². The Morgan fingerprint density at radius 3 is 1.33 bits per heavy atom. The highest BCUT2D eigenvalue weighted by atomic mass is 127. The van der Waals surface area contributed by atoms with E-state index < -0.39 is 13.8 Å². The highest BCUT2D eigenvalue weighted by Gasteiger charge is 2.02. The largest absolute Gasteiger partial charge is 0.692 e. The van der Waals surface area contributed by atoms with Gasteiger partial charge in [0, 0.05) is 4.57 Å². The monoisotopic (exact) mass is 281 g/mol. The molecule has 0 aromatic heterocycles. The molecule has 3 nitrogen and oxygen atoms in total. The van der Waals surface area contributed by atoms with Gasteiger partial charge >= 0.3 is 8.25 Å². The van der Waals surface area contributed by atoms with Gasteiger partial charge in [0.1, 0.15) is 5.57 Å². The first-order valence-electron chi connectivity index (χ1n) is 2.27. The van der Waals surface area contributed by atoms with E-state index in [-0.39, 0.29) is 0 Å². The van der Waals surface area contributed by atoms with Crippen LogP contribution < -0.4 is 0 Å². The molecule has 0 aliphatic rings. The zero-order valence-corrected chi connectivity index (χ0v) is 9.68. The first-order chi connectivity index (χ1) is 3.73. The van der Waals surface area contributed by atoms with Crippen molar-refractivity contribution in [2.45, 2.75) is 19.6 Å². The Bertz CT molecular complexity index is 81.5. The summed E-state index contributed by atoms with van der Waals surface area (Å²) in [6, 6.07) is 0. The van der Waals surface area contributed by atoms with Crippen LogP contribution in [-0.2, 0) is 4.57 Å². The second-order valence-electron chi connectivity index (χ2n) is 2.32. The molecular weight excluding hydrogens is 270 g/mol. The molecule has 2 N–H and O–H groups in total. The van der Waals surface area contributed by atoms with Crippen LogP contribution in [0.15, 0.2) is 0 Å². The molecule has 0 fully saturated rings. The van der Waals surface area contributed by atoms with Crippen LogP contribution in [0.25, 0.3) is 0 Å². The lowest BCUT2D eigenvalue weighted by molar-refractivity contribution is 0.405. The second-order valence-corrected chi connectivity index (χ2v) is 16.7. The Morgan fingerprint density at radius 1 is 1.33 bits per heavy atom. The molecule has 0 unspecified atom stereocenters. The summed E-state index contributed by atoms with van der Waals surface area (Å²) in [5.41, 5.74) is -0.641. The maximum absolute atomic E-state index is 8.70. The Kier molecular flexibility index (Phi) is 8.04. The fourth-order valence-corrected chi connectivity index (χ4v) is 0. The van der Waals surface area contributed by atoms with Gasteiger partial charge in [-0.1, -0.05) is 19.6 Å². The normalized spacial score (nSPS) is 9.56. The minimum atomic E-state index is -2.87. The predicted molar refractivity (Wildman–Crippen MR) is 49.4 cm³/mol. The van der Waals surface area contributed by atoms with E-state index in [1.54, 1.807) is 0 Å². The van der Waals surface area contributed by atoms with E-state index in [0.717, 1.165) is 0 Å². The maximum atomic E-state index is 8.70. The molecule has 0 rings (SSSR count). The molecule has 0 amide bonds. The predicted octanol–water partition coefficient (Wildman–Crippen LogP) is 1.88. The van der Waals surface area contributed by atoms with Crippen LogP contribution in [0.4, 0.5) is 0 Å². The first-order valence-corrected chi connectivity index (χ1v) is 10.1. The van der Waals surface area contributed by atoms with Gasteiger partial charge in [-0.15, -0.1) is 31.6 Å². The summed E-state index contributed by atoms with van der Waals surface area (Å²) in [5.74, 6) is 0. The molecular formula is C3H11IO3PSi+.